The number of esters is 1. The minimum Gasteiger partial charge on any atom is -0.465 e. The van der Waals surface area contributed by atoms with E-state index in [0.29, 0.717) is 27.1 Å². The number of anilines is 1. The number of carbonyl (C=O) groups excluding carboxylic acids is 2. The van der Waals surface area contributed by atoms with Crippen LogP contribution in [0, 0.1) is 11.7 Å². The first-order valence-electron chi connectivity index (χ1n) is 9.44. The summed E-state index contributed by atoms with van der Waals surface area (Å²) in [7, 11) is 3.06. The summed E-state index contributed by atoms with van der Waals surface area (Å²) in [5, 5.41) is 3.70. The number of hydrogen-bond acceptors (Lipinski definition) is 5. The van der Waals surface area contributed by atoms with Gasteiger partial charge in [0.05, 0.1) is 19.2 Å². The van der Waals surface area contributed by atoms with Crippen LogP contribution in [0.2, 0.25) is 5.02 Å². The van der Waals surface area contributed by atoms with Crippen molar-refractivity contribution < 1.29 is 18.7 Å². The van der Waals surface area contributed by atoms with Gasteiger partial charge in [-0.25, -0.2) is 9.18 Å². The third-order valence-corrected chi connectivity index (χ3v) is 6.58. The molecule has 0 bridgehead atoms. The molecule has 0 spiro atoms. The van der Waals surface area contributed by atoms with E-state index in [-0.39, 0.29) is 19.0 Å². The molecule has 156 valence electrons. The quantitative estimate of drug-likeness (QED) is 0.673. The van der Waals surface area contributed by atoms with Crippen LogP contribution in [0.15, 0.2) is 18.2 Å². The summed E-state index contributed by atoms with van der Waals surface area (Å²) in [6, 6.07) is 4.50. The van der Waals surface area contributed by atoms with Crippen LogP contribution < -0.4 is 5.32 Å². The number of halogens is 2. The molecule has 0 saturated carbocycles. The zero-order chi connectivity index (χ0) is 21.1. The Bertz CT molecular complexity index is 911. The maximum absolute atomic E-state index is 14.0. The topological polar surface area (TPSA) is 58.6 Å². The fraction of sp³-hybridized carbons (Fsp3) is 0.429. The lowest BCUT2D eigenvalue weighted by Crippen LogP contribution is -2.30. The molecule has 5 nitrogen and oxygen atoms in total. The highest BCUT2D eigenvalue weighted by atomic mass is 35.5. The van der Waals surface area contributed by atoms with Crippen LogP contribution in [-0.2, 0) is 28.9 Å². The van der Waals surface area contributed by atoms with Gasteiger partial charge in [-0.3, -0.25) is 9.69 Å². The largest absolute Gasteiger partial charge is 0.465 e. The van der Waals surface area contributed by atoms with E-state index >= 15 is 0 Å². The van der Waals surface area contributed by atoms with Crippen LogP contribution in [0.1, 0.15) is 39.7 Å². The monoisotopic (exact) mass is 438 g/mol. The summed E-state index contributed by atoms with van der Waals surface area (Å²) in [5.41, 5.74) is 1.80. The van der Waals surface area contributed by atoms with Crippen LogP contribution in [-0.4, -0.2) is 37.5 Å². The number of thiophene rings is 1. The van der Waals surface area contributed by atoms with Crippen LogP contribution in [0.25, 0.3) is 0 Å². The number of amides is 1. The van der Waals surface area contributed by atoms with E-state index in [1.54, 1.807) is 24.1 Å². The zero-order valence-corrected chi connectivity index (χ0v) is 18.3. The molecule has 0 aliphatic heterocycles. The summed E-state index contributed by atoms with van der Waals surface area (Å²) in [5.74, 6) is -0.569. The smallest absolute Gasteiger partial charge is 0.341 e. The zero-order valence-electron chi connectivity index (χ0n) is 16.7. The van der Waals surface area contributed by atoms with Gasteiger partial charge < -0.3 is 10.1 Å². The standard InChI is InChI=1S/C21H24ClFN2O3S/c1-12-7-8-13-17(9-12)29-20(19(13)21(27)28-3)24-18(26)11-25(2)10-14-15(22)5-4-6-16(14)23/h4-6,12H,7-11H2,1-3H3,(H,24,26)/t12-/m1/s1. The Morgan fingerprint density at radius 1 is 1.41 bits per heavy atom. The van der Waals surface area contributed by atoms with Gasteiger partial charge >= 0.3 is 5.97 Å². The lowest BCUT2D eigenvalue weighted by molar-refractivity contribution is -0.117. The SMILES string of the molecule is COC(=O)c1c(NC(=O)CN(C)Cc2c(F)cccc2Cl)sc2c1CC[C@@H](C)C2. The summed E-state index contributed by atoms with van der Waals surface area (Å²) in [4.78, 5) is 27.7. The van der Waals surface area contributed by atoms with Crippen molar-refractivity contribution in [3.63, 3.8) is 0 Å². The number of methoxy groups -OCH3 is 1. The second-order valence-corrected chi connectivity index (χ2v) is 8.98. The molecule has 1 aromatic carbocycles. The molecule has 29 heavy (non-hydrogen) atoms. The van der Waals surface area contributed by atoms with Gasteiger partial charge in [0.1, 0.15) is 10.8 Å². The molecular formula is C21H24ClFN2O3S. The molecule has 1 aromatic heterocycles. The second-order valence-electron chi connectivity index (χ2n) is 7.47. The Morgan fingerprint density at radius 2 is 2.17 bits per heavy atom. The van der Waals surface area contributed by atoms with Crippen molar-refractivity contribution in [3.05, 3.63) is 50.6 Å². The third-order valence-electron chi connectivity index (χ3n) is 5.06. The summed E-state index contributed by atoms with van der Waals surface area (Å²) in [6.07, 6.45) is 2.71. The van der Waals surface area contributed by atoms with Crippen LogP contribution in [0.5, 0.6) is 0 Å². The van der Waals surface area contributed by atoms with E-state index in [0.717, 1.165) is 29.7 Å². The van der Waals surface area contributed by atoms with Crippen molar-refractivity contribution in [3.8, 4) is 0 Å². The number of ether oxygens (including phenoxy) is 1. The number of nitrogens with one attached hydrogen (secondary N) is 1. The minimum atomic E-state index is -0.432. The van der Waals surface area contributed by atoms with Gasteiger partial charge in [-0.1, -0.05) is 24.6 Å². The van der Waals surface area contributed by atoms with Crippen LogP contribution in [0.3, 0.4) is 0 Å². The lowest BCUT2D eigenvalue weighted by Gasteiger charge is -2.18. The molecule has 8 heteroatoms. The second kappa shape index (κ2) is 9.24. The first-order chi connectivity index (χ1) is 13.8. The van der Waals surface area contributed by atoms with Gasteiger partial charge in [-0.2, -0.15) is 0 Å². The molecule has 1 atom stereocenters. The molecule has 2 aromatic rings. The fourth-order valence-electron chi connectivity index (χ4n) is 3.58. The summed E-state index contributed by atoms with van der Waals surface area (Å²) in [6.45, 7) is 2.41. The number of benzene rings is 1. The van der Waals surface area contributed by atoms with E-state index in [4.69, 9.17) is 16.3 Å². The highest BCUT2D eigenvalue weighted by Crippen LogP contribution is 2.40. The molecule has 0 fully saturated rings. The Hall–Kier alpha value is -1.96. The highest BCUT2D eigenvalue weighted by Gasteiger charge is 2.29. The number of nitrogens with zero attached hydrogens (tertiary/aromatic N) is 1. The van der Waals surface area contributed by atoms with Crippen LogP contribution in [0.4, 0.5) is 9.39 Å². The van der Waals surface area contributed by atoms with Gasteiger partial charge in [0.25, 0.3) is 0 Å². The van der Waals surface area contributed by atoms with Crippen molar-refractivity contribution in [2.24, 2.45) is 5.92 Å². The van der Waals surface area contributed by atoms with Crippen LogP contribution >= 0.6 is 22.9 Å². The van der Waals surface area contributed by atoms with Crippen molar-refractivity contribution in [1.82, 2.24) is 4.90 Å². The van der Waals surface area contributed by atoms with Gasteiger partial charge in [-0.05, 0) is 49.9 Å². The maximum Gasteiger partial charge on any atom is 0.341 e. The average Bonchev–Trinajstić information content (AvgIpc) is 3.00. The van der Waals surface area contributed by atoms with Crippen molar-refractivity contribution in [2.75, 3.05) is 26.0 Å². The molecule has 3 rings (SSSR count). The molecule has 1 aliphatic carbocycles. The number of rotatable bonds is 6. The van der Waals surface area contributed by atoms with Crippen molar-refractivity contribution in [2.45, 2.75) is 32.7 Å². The Morgan fingerprint density at radius 3 is 2.86 bits per heavy atom. The molecule has 1 aliphatic rings. The molecular weight excluding hydrogens is 415 g/mol. The lowest BCUT2D eigenvalue weighted by atomic mass is 9.88. The van der Waals surface area contributed by atoms with E-state index in [2.05, 4.69) is 12.2 Å². The van der Waals surface area contributed by atoms with Gasteiger partial charge in [-0.15, -0.1) is 11.3 Å². The Kier molecular flexibility index (Phi) is 6.93. The van der Waals surface area contributed by atoms with Gasteiger partial charge in [0, 0.05) is 22.0 Å². The summed E-state index contributed by atoms with van der Waals surface area (Å²) < 4.78 is 18.9. The van der Waals surface area contributed by atoms with E-state index in [9.17, 15) is 14.0 Å². The molecule has 1 N–H and O–H groups in total. The number of likely N-dealkylation sites (N-methyl/N-ethyl adjacent to an activating group) is 1. The van der Waals surface area contributed by atoms with E-state index < -0.39 is 11.8 Å². The third kappa shape index (κ3) is 4.97. The maximum atomic E-state index is 14.0. The predicted molar refractivity (Wildman–Crippen MR) is 113 cm³/mol. The number of carbonyl (C=O) groups is 2. The summed E-state index contributed by atoms with van der Waals surface area (Å²) >= 11 is 7.51. The van der Waals surface area contributed by atoms with E-state index in [1.165, 1.54) is 24.5 Å². The first kappa shape index (κ1) is 21.7. The Labute approximate surface area is 178 Å². The number of fused-ring (bicyclic) bond motifs is 1. The fourth-order valence-corrected chi connectivity index (χ4v) is 5.22. The normalized spacial score (nSPS) is 15.9. The van der Waals surface area contributed by atoms with Gasteiger partial charge in [0.15, 0.2) is 0 Å². The average molecular weight is 439 g/mol. The first-order valence-corrected chi connectivity index (χ1v) is 10.6. The van der Waals surface area contributed by atoms with Gasteiger partial charge in [0.2, 0.25) is 5.91 Å². The number of hydrogen-bond donors (Lipinski definition) is 1. The molecule has 1 amide bonds. The minimum absolute atomic E-state index is 0.0320. The molecule has 0 radical (unpaired) electrons. The van der Waals surface area contributed by atoms with Crippen molar-refractivity contribution in [1.29, 1.82) is 0 Å². The van der Waals surface area contributed by atoms with Crippen molar-refractivity contribution >= 4 is 39.8 Å². The van der Waals surface area contributed by atoms with E-state index in [1.807, 2.05) is 0 Å². The molecule has 1 heterocycles. The highest BCUT2D eigenvalue weighted by molar-refractivity contribution is 7.17. The Balaban J connectivity index is 1.72. The molecule has 0 unspecified atom stereocenters. The predicted octanol–water partition coefficient (Wildman–Crippen LogP) is 4.52. The molecule has 0 saturated heterocycles.